The zero-order chi connectivity index (χ0) is 17.2. The van der Waals surface area contributed by atoms with Gasteiger partial charge in [-0.05, 0) is 62.0 Å². The minimum Gasteiger partial charge on any atom is -0.489 e. The molecule has 2 rings (SSSR count). The fourth-order valence-electron chi connectivity index (χ4n) is 2.31. The number of halogens is 2. The van der Waals surface area contributed by atoms with Crippen LogP contribution in [0.2, 0.25) is 10.0 Å². The Bertz CT molecular complexity index is 617. The van der Waals surface area contributed by atoms with Crippen LogP contribution in [0, 0.1) is 0 Å². The summed E-state index contributed by atoms with van der Waals surface area (Å²) in [6.07, 6.45) is 1.09. The minimum atomic E-state index is 0.506. The molecule has 2 aromatic carbocycles. The lowest BCUT2D eigenvalue weighted by atomic mass is 10.2. The Balaban J connectivity index is 1.88. The predicted molar refractivity (Wildman–Crippen MR) is 102 cm³/mol. The molecule has 0 spiro atoms. The van der Waals surface area contributed by atoms with Gasteiger partial charge in [0.05, 0.1) is 0 Å². The van der Waals surface area contributed by atoms with Gasteiger partial charge >= 0.3 is 0 Å². The molecule has 2 N–H and O–H groups in total. The Morgan fingerprint density at radius 1 is 0.917 bits per heavy atom. The zero-order valence-electron chi connectivity index (χ0n) is 13.9. The highest BCUT2D eigenvalue weighted by Gasteiger charge is 2.05. The lowest BCUT2D eigenvalue weighted by Crippen LogP contribution is -2.21. The van der Waals surface area contributed by atoms with Gasteiger partial charge < -0.3 is 15.4 Å². The van der Waals surface area contributed by atoms with Crippen molar-refractivity contribution in [2.75, 3.05) is 19.6 Å². The Hall–Kier alpha value is -1.26. The fourth-order valence-corrected chi connectivity index (χ4v) is 2.63. The van der Waals surface area contributed by atoms with E-state index in [1.807, 2.05) is 42.5 Å². The highest BCUT2D eigenvalue weighted by atomic mass is 35.5. The second kappa shape index (κ2) is 10.6. The molecule has 0 heterocycles. The van der Waals surface area contributed by atoms with Crippen LogP contribution in [-0.4, -0.2) is 19.6 Å². The van der Waals surface area contributed by atoms with Gasteiger partial charge in [-0.25, -0.2) is 0 Å². The number of nitrogens with one attached hydrogen (secondary N) is 2. The molecule has 0 aliphatic heterocycles. The highest BCUT2D eigenvalue weighted by Crippen LogP contribution is 2.24. The lowest BCUT2D eigenvalue weighted by Gasteiger charge is -2.13. The number of hydrogen-bond acceptors (Lipinski definition) is 3. The van der Waals surface area contributed by atoms with Crippen molar-refractivity contribution in [2.45, 2.75) is 26.5 Å². The molecule has 5 heteroatoms. The first-order valence-electron chi connectivity index (χ1n) is 8.26. The van der Waals surface area contributed by atoms with E-state index in [-0.39, 0.29) is 0 Å². The average molecular weight is 367 g/mol. The van der Waals surface area contributed by atoms with Gasteiger partial charge in [0.2, 0.25) is 0 Å². The molecule has 0 saturated heterocycles. The van der Waals surface area contributed by atoms with Crippen molar-refractivity contribution < 1.29 is 4.74 Å². The second-order valence-electron chi connectivity index (χ2n) is 5.55. The van der Waals surface area contributed by atoms with E-state index in [1.165, 1.54) is 0 Å². The fraction of sp³-hybridized carbons (Fsp3) is 0.368. The number of ether oxygens (including phenoxy) is 1. The number of hydrogen-bond donors (Lipinski definition) is 2. The normalized spacial score (nSPS) is 10.8. The Morgan fingerprint density at radius 3 is 2.38 bits per heavy atom. The van der Waals surface area contributed by atoms with Crippen LogP contribution in [0.3, 0.4) is 0 Å². The molecule has 0 aromatic heterocycles. The van der Waals surface area contributed by atoms with E-state index < -0.39 is 0 Å². The first-order valence-corrected chi connectivity index (χ1v) is 9.01. The summed E-state index contributed by atoms with van der Waals surface area (Å²) in [5.41, 5.74) is 2.15. The third kappa shape index (κ3) is 6.70. The van der Waals surface area contributed by atoms with E-state index in [0.717, 1.165) is 59.5 Å². The average Bonchev–Trinajstić information content (AvgIpc) is 2.58. The van der Waals surface area contributed by atoms with Crippen molar-refractivity contribution in [3.8, 4) is 5.75 Å². The minimum absolute atomic E-state index is 0.506. The van der Waals surface area contributed by atoms with E-state index in [0.29, 0.717) is 6.61 Å². The summed E-state index contributed by atoms with van der Waals surface area (Å²) in [7, 11) is 0. The van der Waals surface area contributed by atoms with E-state index in [4.69, 9.17) is 27.9 Å². The van der Waals surface area contributed by atoms with Gasteiger partial charge in [-0.3, -0.25) is 0 Å². The Labute approximate surface area is 154 Å². The van der Waals surface area contributed by atoms with Crippen LogP contribution in [0.4, 0.5) is 0 Å². The van der Waals surface area contributed by atoms with Crippen LogP contribution in [0.25, 0.3) is 0 Å². The Morgan fingerprint density at radius 2 is 1.62 bits per heavy atom. The van der Waals surface area contributed by atoms with Gasteiger partial charge in [-0.1, -0.05) is 42.3 Å². The second-order valence-corrected chi connectivity index (χ2v) is 6.42. The first kappa shape index (κ1) is 19.1. The maximum atomic E-state index is 6.12. The summed E-state index contributed by atoms with van der Waals surface area (Å²) in [5.74, 6) is 0.855. The molecule has 0 aliphatic rings. The standard InChI is InChI=1S/C19H24Cl2N2O/c1-2-22-10-3-11-23-13-16-12-18(21)8-9-19(16)24-14-15-4-6-17(20)7-5-15/h4-9,12,22-23H,2-3,10-11,13-14H2,1H3. The van der Waals surface area contributed by atoms with Crippen molar-refractivity contribution in [2.24, 2.45) is 0 Å². The third-order valence-corrected chi connectivity index (χ3v) is 4.09. The lowest BCUT2D eigenvalue weighted by molar-refractivity contribution is 0.302. The molecule has 0 atom stereocenters. The van der Waals surface area contributed by atoms with E-state index >= 15 is 0 Å². The van der Waals surface area contributed by atoms with Crippen LogP contribution < -0.4 is 15.4 Å². The largest absolute Gasteiger partial charge is 0.489 e. The summed E-state index contributed by atoms with van der Waals surface area (Å²) in [4.78, 5) is 0. The Kier molecular flexibility index (Phi) is 8.40. The van der Waals surface area contributed by atoms with E-state index in [2.05, 4.69) is 17.6 Å². The molecule has 0 radical (unpaired) electrons. The molecule has 3 nitrogen and oxygen atoms in total. The topological polar surface area (TPSA) is 33.3 Å². The molecule has 2 aromatic rings. The number of benzene rings is 2. The van der Waals surface area contributed by atoms with Crippen molar-refractivity contribution in [1.82, 2.24) is 10.6 Å². The van der Waals surface area contributed by atoms with Gasteiger partial charge in [0.15, 0.2) is 0 Å². The van der Waals surface area contributed by atoms with Crippen LogP contribution in [-0.2, 0) is 13.2 Å². The maximum Gasteiger partial charge on any atom is 0.124 e. The summed E-state index contributed by atoms with van der Waals surface area (Å²) < 4.78 is 5.96. The molecular weight excluding hydrogens is 343 g/mol. The monoisotopic (exact) mass is 366 g/mol. The highest BCUT2D eigenvalue weighted by molar-refractivity contribution is 6.30. The van der Waals surface area contributed by atoms with Crippen LogP contribution in [0.15, 0.2) is 42.5 Å². The van der Waals surface area contributed by atoms with E-state index in [1.54, 1.807) is 0 Å². The van der Waals surface area contributed by atoms with Gasteiger partial charge in [-0.15, -0.1) is 0 Å². The van der Waals surface area contributed by atoms with Crippen molar-refractivity contribution >= 4 is 23.2 Å². The van der Waals surface area contributed by atoms with E-state index in [9.17, 15) is 0 Å². The van der Waals surface area contributed by atoms with Crippen molar-refractivity contribution in [3.05, 3.63) is 63.6 Å². The first-order chi connectivity index (χ1) is 11.7. The van der Waals surface area contributed by atoms with Gasteiger partial charge in [0, 0.05) is 22.2 Å². The summed E-state index contributed by atoms with van der Waals surface area (Å²) in [6.45, 7) is 6.35. The van der Waals surface area contributed by atoms with Crippen molar-refractivity contribution in [1.29, 1.82) is 0 Å². The molecule has 24 heavy (non-hydrogen) atoms. The quantitative estimate of drug-likeness (QED) is 0.599. The number of rotatable bonds is 10. The zero-order valence-corrected chi connectivity index (χ0v) is 15.5. The molecule has 130 valence electrons. The van der Waals surface area contributed by atoms with Gasteiger partial charge in [-0.2, -0.15) is 0 Å². The molecule has 0 bridgehead atoms. The smallest absolute Gasteiger partial charge is 0.124 e. The molecule has 0 amide bonds. The molecular formula is C19H24Cl2N2O. The van der Waals surface area contributed by atoms with Crippen LogP contribution in [0.1, 0.15) is 24.5 Å². The van der Waals surface area contributed by atoms with Crippen LogP contribution >= 0.6 is 23.2 Å². The molecule has 0 saturated carbocycles. The summed E-state index contributed by atoms with van der Waals surface area (Å²) in [6, 6.07) is 13.4. The SMILES string of the molecule is CCNCCCNCc1cc(Cl)ccc1OCc1ccc(Cl)cc1. The molecule has 0 fully saturated rings. The molecule has 0 unspecified atom stereocenters. The summed E-state index contributed by atoms with van der Waals surface area (Å²) in [5, 5.41) is 8.20. The van der Waals surface area contributed by atoms with Crippen LogP contribution in [0.5, 0.6) is 5.75 Å². The molecule has 0 aliphatic carbocycles. The van der Waals surface area contributed by atoms with Gasteiger partial charge in [0.25, 0.3) is 0 Å². The summed E-state index contributed by atoms with van der Waals surface area (Å²) >= 11 is 12.0. The maximum absolute atomic E-state index is 6.12. The third-order valence-electron chi connectivity index (χ3n) is 3.60. The van der Waals surface area contributed by atoms with Gasteiger partial charge in [0.1, 0.15) is 12.4 Å². The predicted octanol–water partition coefficient (Wildman–Crippen LogP) is 4.66. The van der Waals surface area contributed by atoms with Crippen molar-refractivity contribution in [3.63, 3.8) is 0 Å².